The topological polar surface area (TPSA) is 134 Å². The highest BCUT2D eigenvalue weighted by atomic mass is 16.4. The van der Waals surface area contributed by atoms with Gasteiger partial charge < -0.3 is 26.8 Å². The van der Waals surface area contributed by atoms with Gasteiger partial charge in [0.1, 0.15) is 12.1 Å². The molecule has 2 saturated carbocycles. The molecule has 0 aromatic heterocycles. The number of urea groups is 1. The third-order valence-corrected chi connectivity index (χ3v) is 7.99. The fourth-order valence-electron chi connectivity index (χ4n) is 5.51. The van der Waals surface area contributed by atoms with Gasteiger partial charge in [-0.1, -0.05) is 34.6 Å². The van der Waals surface area contributed by atoms with E-state index in [9.17, 15) is 19.5 Å². The lowest BCUT2D eigenvalue weighted by Gasteiger charge is -2.40. The van der Waals surface area contributed by atoms with Gasteiger partial charge >= 0.3 is 12.0 Å². The van der Waals surface area contributed by atoms with Crippen molar-refractivity contribution in [1.82, 2.24) is 16.0 Å². The van der Waals surface area contributed by atoms with Gasteiger partial charge in [0.2, 0.25) is 5.91 Å². The van der Waals surface area contributed by atoms with Crippen molar-refractivity contribution in [3.8, 4) is 0 Å². The number of carbonyl (C=O) groups is 3. The Balaban J connectivity index is 2.00. The number of carboxylic acid groups (broad SMARTS) is 1. The van der Waals surface area contributed by atoms with Gasteiger partial charge in [0.15, 0.2) is 0 Å². The fourth-order valence-corrected chi connectivity index (χ4v) is 5.51. The number of carboxylic acids is 1. The molecule has 2 rings (SSSR count). The van der Waals surface area contributed by atoms with E-state index in [1.54, 1.807) is 0 Å². The highest BCUT2D eigenvalue weighted by Crippen LogP contribution is 2.65. The number of nitrogens with two attached hydrogens (primary N) is 1. The lowest BCUT2D eigenvalue weighted by Crippen LogP contribution is -2.56. The number of aliphatic carboxylic acids is 1. The minimum atomic E-state index is -1.09. The molecule has 2 fully saturated rings. The Morgan fingerprint density at radius 3 is 2.23 bits per heavy atom. The maximum Gasteiger partial charge on any atom is 0.326 e. The second kappa shape index (κ2) is 10.2. The minimum Gasteiger partial charge on any atom is -0.480 e. The summed E-state index contributed by atoms with van der Waals surface area (Å²) in [7, 11) is 0. The van der Waals surface area contributed by atoms with Gasteiger partial charge in [-0.25, -0.2) is 9.59 Å². The quantitative estimate of drug-likeness (QED) is 0.316. The van der Waals surface area contributed by atoms with E-state index in [-0.39, 0.29) is 28.7 Å². The van der Waals surface area contributed by atoms with E-state index in [1.807, 2.05) is 13.8 Å². The standard InChI is InChI=1S/C23H42N4O4/c1-14(2)12-17(26-21(31)25-16(20(29)30)8-6-7-11-24)19(28)27-18-13-15-9-10-23(18,5)22(15,3)4/h14-18H,6-13,24H2,1-5H3,(H,27,28)(H,29,30)(H2,25,26,31)/t15-,16?,17?,18+,23+/m1/s1. The number of hydrogen-bond acceptors (Lipinski definition) is 4. The van der Waals surface area contributed by atoms with Crippen LogP contribution in [0.25, 0.3) is 0 Å². The van der Waals surface area contributed by atoms with Gasteiger partial charge in [-0.15, -0.1) is 0 Å². The summed E-state index contributed by atoms with van der Waals surface area (Å²) >= 11 is 0. The Labute approximate surface area is 186 Å². The summed E-state index contributed by atoms with van der Waals surface area (Å²) in [6.45, 7) is 11.3. The molecule has 0 aromatic carbocycles. The van der Waals surface area contributed by atoms with Crippen LogP contribution in [-0.4, -0.2) is 47.7 Å². The monoisotopic (exact) mass is 438 g/mol. The van der Waals surface area contributed by atoms with Gasteiger partial charge in [-0.3, -0.25) is 4.79 Å². The predicted molar refractivity (Wildman–Crippen MR) is 120 cm³/mol. The van der Waals surface area contributed by atoms with E-state index < -0.39 is 24.1 Å². The smallest absolute Gasteiger partial charge is 0.326 e. The van der Waals surface area contributed by atoms with E-state index in [0.29, 0.717) is 38.1 Å². The zero-order valence-electron chi connectivity index (χ0n) is 19.8. The van der Waals surface area contributed by atoms with Crippen molar-refractivity contribution in [1.29, 1.82) is 0 Å². The molecule has 0 radical (unpaired) electrons. The largest absolute Gasteiger partial charge is 0.480 e. The van der Waals surface area contributed by atoms with E-state index >= 15 is 0 Å². The van der Waals surface area contributed by atoms with Crippen LogP contribution in [-0.2, 0) is 9.59 Å². The Morgan fingerprint density at radius 1 is 1.10 bits per heavy atom. The van der Waals surface area contributed by atoms with Gasteiger partial charge in [0.05, 0.1) is 0 Å². The first-order valence-electron chi connectivity index (χ1n) is 11.7. The number of carbonyl (C=O) groups excluding carboxylic acids is 2. The van der Waals surface area contributed by atoms with Gasteiger partial charge in [0.25, 0.3) is 0 Å². The van der Waals surface area contributed by atoms with Crippen LogP contribution in [0.4, 0.5) is 4.79 Å². The molecule has 3 amide bonds. The minimum absolute atomic E-state index is 0.0510. The molecular formula is C23H42N4O4. The molecule has 0 heterocycles. The molecule has 0 spiro atoms. The molecule has 0 saturated heterocycles. The number of unbranched alkanes of at least 4 members (excludes halogenated alkanes) is 1. The normalized spacial score (nSPS) is 28.2. The van der Waals surface area contributed by atoms with Crippen LogP contribution >= 0.6 is 0 Å². The summed E-state index contributed by atoms with van der Waals surface area (Å²) in [6.07, 6.45) is 5.37. The Bertz CT molecular complexity index is 666. The molecule has 8 heteroatoms. The van der Waals surface area contributed by atoms with Crippen molar-refractivity contribution in [3.63, 3.8) is 0 Å². The van der Waals surface area contributed by atoms with Crippen LogP contribution in [0.1, 0.15) is 79.6 Å². The van der Waals surface area contributed by atoms with Gasteiger partial charge in [0, 0.05) is 6.04 Å². The molecule has 31 heavy (non-hydrogen) atoms. The maximum absolute atomic E-state index is 13.1. The molecule has 2 unspecified atom stereocenters. The van der Waals surface area contributed by atoms with Crippen molar-refractivity contribution in [2.45, 2.75) is 97.7 Å². The summed E-state index contributed by atoms with van der Waals surface area (Å²) in [5, 5.41) is 17.8. The highest BCUT2D eigenvalue weighted by molar-refractivity contribution is 5.89. The molecular weight excluding hydrogens is 396 g/mol. The first-order valence-corrected chi connectivity index (χ1v) is 11.7. The second-order valence-electron chi connectivity index (χ2n) is 10.6. The number of nitrogens with one attached hydrogen (secondary N) is 3. The summed E-state index contributed by atoms with van der Waals surface area (Å²) in [5.41, 5.74) is 5.69. The van der Waals surface area contributed by atoms with Crippen molar-refractivity contribution < 1.29 is 19.5 Å². The van der Waals surface area contributed by atoms with Crippen LogP contribution in [0.15, 0.2) is 0 Å². The third kappa shape index (κ3) is 5.70. The van der Waals surface area contributed by atoms with Crippen molar-refractivity contribution in [3.05, 3.63) is 0 Å². The summed E-state index contributed by atoms with van der Waals surface area (Å²) in [4.78, 5) is 37.1. The molecule has 6 N–H and O–H groups in total. The molecule has 5 atom stereocenters. The zero-order chi connectivity index (χ0) is 23.4. The molecule has 2 aliphatic rings. The van der Waals surface area contributed by atoms with Crippen molar-refractivity contribution in [2.75, 3.05) is 6.54 Å². The summed E-state index contributed by atoms with van der Waals surface area (Å²) < 4.78 is 0. The van der Waals surface area contributed by atoms with E-state index in [2.05, 4.69) is 36.7 Å². The van der Waals surface area contributed by atoms with Crippen LogP contribution in [0, 0.1) is 22.7 Å². The van der Waals surface area contributed by atoms with Crippen molar-refractivity contribution in [2.24, 2.45) is 28.4 Å². The number of rotatable bonds is 11. The highest BCUT2D eigenvalue weighted by Gasteiger charge is 2.61. The summed E-state index contributed by atoms with van der Waals surface area (Å²) in [5.74, 6) is -0.474. The lowest BCUT2D eigenvalue weighted by molar-refractivity contribution is -0.139. The van der Waals surface area contributed by atoms with Gasteiger partial charge in [-0.2, -0.15) is 0 Å². The first kappa shape index (κ1) is 25.4. The molecule has 2 bridgehead atoms. The van der Waals surface area contributed by atoms with Crippen LogP contribution in [0.3, 0.4) is 0 Å². The Hall–Kier alpha value is -1.83. The Morgan fingerprint density at radius 2 is 1.74 bits per heavy atom. The average Bonchev–Trinajstić information content (AvgIpc) is 2.99. The molecule has 178 valence electrons. The van der Waals surface area contributed by atoms with Crippen LogP contribution < -0.4 is 21.7 Å². The van der Waals surface area contributed by atoms with E-state index in [4.69, 9.17) is 5.73 Å². The maximum atomic E-state index is 13.1. The SMILES string of the molecule is CC(C)CC(NC(=O)NC(CCCCN)C(=O)O)C(=O)N[C@H]1C[C@H]2CC[C@]1(C)C2(C)C. The van der Waals surface area contributed by atoms with Crippen LogP contribution in [0.2, 0.25) is 0 Å². The third-order valence-electron chi connectivity index (χ3n) is 7.99. The van der Waals surface area contributed by atoms with Gasteiger partial charge in [-0.05, 0) is 74.2 Å². The van der Waals surface area contributed by atoms with Crippen molar-refractivity contribution >= 4 is 17.9 Å². The molecule has 2 aliphatic carbocycles. The van der Waals surface area contributed by atoms with E-state index in [0.717, 1.165) is 12.8 Å². The predicted octanol–water partition coefficient (Wildman–Crippen LogP) is 2.61. The molecule has 8 nitrogen and oxygen atoms in total. The lowest BCUT2D eigenvalue weighted by atomic mass is 9.69. The fraction of sp³-hybridized carbons (Fsp3) is 0.870. The van der Waals surface area contributed by atoms with E-state index in [1.165, 1.54) is 6.42 Å². The molecule has 0 aromatic rings. The zero-order valence-corrected chi connectivity index (χ0v) is 19.8. The number of fused-ring (bicyclic) bond motifs is 2. The number of amides is 3. The number of hydrogen-bond donors (Lipinski definition) is 5. The summed E-state index contributed by atoms with van der Waals surface area (Å²) in [6, 6.07) is -2.24. The van der Waals surface area contributed by atoms with Crippen LogP contribution in [0.5, 0.6) is 0 Å². The second-order valence-corrected chi connectivity index (χ2v) is 10.6. The molecule has 0 aliphatic heterocycles. The Kier molecular flexibility index (Phi) is 8.36. The first-order chi connectivity index (χ1) is 14.4. The average molecular weight is 439 g/mol.